The Morgan fingerprint density at radius 1 is 1.10 bits per heavy atom. The fourth-order valence-corrected chi connectivity index (χ4v) is 1.94. The maximum absolute atomic E-state index is 12.2. The molecule has 0 heterocycles. The van der Waals surface area contributed by atoms with E-state index in [9.17, 15) is 4.79 Å². The molecule has 0 saturated heterocycles. The Morgan fingerprint density at radius 2 is 1.71 bits per heavy atom. The van der Waals surface area contributed by atoms with Gasteiger partial charge < -0.3 is 0 Å². The van der Waals surface area contributed by atoms with Gasteiger partial charge in [-0.25, -0.2) is 9.78 Å². The van der Waals surface area contributed by atoms with E-state index in [1.54, 1.807) is 0 Å². The van der Waals surface area contributed by atoms with Gasteiger partial charge in [-0.2, -0.15) is 0 Å². The van der Waals surface area contributed by atoms with Gasteiger partial charge in [-0.1, -0.05) is 19.1 Å². The Balaban J connectivity index is 3.02. The van der Waals surface area contributed by atoms with Gasteiger partial charge in [-0.15, -0.1) is 0 Å². The average molecular weight is 292 g/mol. The lowest BCUT2D eigenvalue weighted by Crippen LogP contribution is -2.29. The van der Waals surface area contributed by atoms with Crippen LogP contribution in [0.15, 0.2) is 18.2 Å². The number of benzene rings is 1. The van der Waals surface area contributed by atoms with Gasteiger partial charge >= 0.3 is 0 Å². The zero-order valence-corrected chi connectivity index (χ0v) is 14.4. The van der Waals surface area contributed by atoms with E-state index in [1.165, 1.54) is 0 Å². The zero-order valence-electron chi connectivity index (χ0n) is 14.4. The number of carbonyl (C=O) groups excluding carboxylic acids is 1. The maximum Gasteiger partial charge on any atom is 0.163 e. The molecule has 0 amide bonds. The lowest BCUT2D eigenvalue weighted by atomic mass is 9.92. The quantitative estimate of drug-likeness (QED) is 0.422. The molecule has 0 spiro atoms. The molecule has 0 aliphatic heterocycles. The van der Waals surface area contributed by atoms with Crippen LogP contribution >= 0.6 is 0 Å². The molecule has 0 N–H and O–H groups in total. The van der Waals surface area contributed by atoms with E-state index < -0.39 is 5.60 Å². The summed E-state index contributed by atoms with van der Waals surface area (Å²) in [5.74, 6) is 0.185. The first-order valence-electron chi connectivity index (χ1n) is 7.58. The van der Waals surface area contributed by atoms with Crippen LogP contribution in [0.5, 0.6) is 0 Å². The van der Waals surface area contributed by atoms with Crippen molar-refractivity contribution in [3.05, 3.63) is 34.9 Å². The normalized spacial score (nSPS) is 12.5. The minimum absolute atomic E-state index is 0.185. The highest BCUT2D eigenvalue weighted by Crippen LogP contribution is 2.29. The van der Waals surface area contributed by atoms with Gasteiger partial charge in [0.15, 0.2) is 5.78 Å². The van der Waals surface area contributed by atoms with Crippen molar-refractivity contribution in [1.29, 1.82) is 0 Å². The van der Waals surface area contributed by atoms with Crippen molar-refractivity contribution < 1.29 is 14.6 Å². The molecule has 3 heteroatoms. The highest BCUT2D eigenvalue weighted by Gasteiger charge is 2.27. The number of hydrogen-bond acceptors (Lipinski definition) is 3. The minimum Gasteiger partial charge on any atom is -0.294 e. The van der Waals surface area contributed by atoms with Gasteiger partial charge in [-0.3, -0.25) is 4.79 Å². The van der Waals surface area contributed by atoms with E-state index in [-0.39, 0.29) is 11.4 Å². The van der Waals surface area contributed by atoms with Crippen molar-refractivity contribution in [1.82, 2.24) is 0 Å². The van der Waals surface area contributed by atoms with Gasteiger partial charge in [-0.05, 0) is 65.2 Å². The van der Waals surface area contributed by atoms with Gasteiger partial charge in [0.05, 0.1) is 5.60 Å². The van der Waals surface area contributed by atoms with E-state index in [0.29, 0.717) is 6.42 Å². The first-order valence-corrected chi connectivity index (χ1v) is 7.58. The molecular weight excluding hydrogens is 264 g/mol. The highest BCUT2D eigenvalue weighted by molar-refractivity contribution is 5.97. The summed E-state index contributed by atoms with van der Waals surface area (Å²) in [4.78, 5) is 23.2. The second kappa shape index (κ2) is 6.71. The van der Waals surface area contributed by atoms with Crippen LogP contribution in [0.4, 0.5) is 0 Å². The van der Waals surface area contributed by atoms with Crippen molar-refractivity contribution in [2.75, 3.05) is 0 Å². The molecule has 1 rings (SSSR count). The second-order valence-electron chi connectivity index (χ2n) is 6.99. The Morgan fingerprint density at radius 3 is 2.24 bits per heavy atom. The van der Waals surface area contributed by atoms with Crippen molar-refractivity contribution in [2.24, 2.45) is 0 Å². The van der Waals surface area contributed by atoms with Gasteiger partial charge in [0, 0.05) is 12.0 Å². The molecule has 1 aromatic rings. The summed E-state index contributed by atoms with van der Waals surface area (Å²) in [6, 6.07) is 5.89. The molecule has 0 bridgehead atoms. The SMILES string of the molecule is CCCC(=O)c1cc(C(C)(C)OOC(C)(C)C)ccc1C. The number of carbonyl (C=O) groups is 1. The van der Waals surface area contributed by atoms with Crippen molar-refractivity contribution in [3.63, 3.8) is 0 Å². The van der Waals surface area contributed by atoms with E-state index in [4.69, 9.17) is 9.78 Å². The van der Waals surface area contributed by atoms with Crippen LogP contribution in [0.2, 0.25) is 0 Å². The molecule has 0 aliphatic rings. The Labute approximate surface area is 128 Å². The number of ketones is 1. The molecule has 0 unspecified atom stereocenters. The van der Waals surface area contributed by atoms with Gasteiger partial charge in [0.25, 0.3) is 0 Å². The van der Waals surface area contributed by atoms with Crippen LogP contribution in [-0.2, 0) is 15.4 Å². The third-order valence-corrected chi connectivity index (χ3v) is 3.21. The molecule has 21 heavy (non-hydrogen) atoms. The summed E-state index contributed by atoms with van der Waals surface area (Å²) < 4.78 is 0. The van der Waals surface area contributed by atoms with E-state index >= 15 is 0 Å². The topological polar surface area (TPSA) is 35.5 Å². The molecule has 118 valence electrons. The van der Waals surface area contributed by atoms with Crippen molar-refractivity contribution >= 4 is 5.78 Å². The predicted octanol–water partition coefficient (Wildman–Crippen LogP) is 4.96. The third kappa shape index (κ3) is 5.25. The van der Waals surface area contributed by atoms with E-state index in [2.05, 4.69) is 0 Å². The Kier molecular flexibility index (Phi) is 5.71. The van der Waals surface area contributed by atoms with Crippen LogP contribution < -0.4 is 0 Å². The summed E-state index contributed by atoms with van der Waals surface area (Å²) >= 11 is 0. The summed E-state index contributed by atoms with van der Waals surface area (Å²) in [7, 11) is 0. The van der Waals surface area contributed by atoms with Crippen LogP contribution in [0.25, 0.3) is 0 Å². The number of hydrogen-bond donors (Lipinski definition) is 0. The first kappa shape index (κ1) is 17.9. The molecule has 0 aliphatic carbocycles. The molecule has 0 radical (unpaired) electrons. The van der Waals surface area contributed by atoms with E-state index in [1.807, 2.05) is 66.7 Å². The summed E-state index contributed by atoms with van der Waals surface area (Å²) in [6.07, 6.45) is 1.43. The van der Waals surface area contributed by atoms with Crippen molar-refractivity contribution in [3.8, 4) is 0 Å². The standard InChI is InChI=1S/C18H28O3/c1-8-9-16(19)15-12-14(11-10-13(15)2)18(6,7)21-20-17(3,4)5/h10-12H,8-9H2,1-7H3. The molecule has 0 fully saturated rings. The second-order valence-corrected chi connectivity index (χ2v) is 6.99. The lowest BCUT2D eigenvalue weighted by Gasteiger charge is -2.29. The minimum atomic E-state index is -0.609. The highest BCUT2D eigenvalue weighted by atomic mass is 17.2. The monoisotopic (exact) mass is 292 g/mol. The summed E-state index contributed by atoms with van der Waals surface area (Å²) in [5, 5.41) is 0. The lowest BCUT2D eigenvalue weighted by molar-refractivity contribution is -0.401. The largest absolute Gasteiger partial charge is 0.294 e. The average Bonchev–Trinajstić information content (AvgIpc) is 2.36. The number of rotatable bonds is 6. The van der Waals surface area contributed by atoms with Crippen LogP contribution in [-0.4, -0.2) is 11.4 Å². The van der Waals surface area contributed by atoms with Crippen molar-refractivity contribution in [2.45, 2.75) is 72.5 Å². The molecule has 1 aromatic carbocycles. The number of aryl methyl sites for hydroxylation is 1. The summed E-state index contributed by atoms with van der Waals surface area (Å²) in [6.45, 7) is 13.7. The third-order valence-electron chi connectivity index (χ3n) is 3.21. The smallest absolute Gasteiger partial charge is 0.163 e. The molecular formula is C18H28O3. The fourth-order valence-electron chi connectivity index (χ4n) is 1.94. The van der Waals surface area contributed by atoms with Gasteiger partial charge in [0.1, 0.15) is 5.60 Å². The maximum atomic E-state index is 12.2. The van der Waals surface area contributed by atoms with Gasteiger partial charge in [0.2, 0.25) is 0 Å². The molecule has 3 nitrogen and oxygen atoms in total. The van der Waals surface area contributed by atoms with Crippen LogP contribution in [0, 0.1) is 6.92 Å². The van der Waals surface area contributed by atoms with Crippen LogP contribution in [0.3, 0.4) is 0 Å². The number of Topliss-reactive ketones (excluding diaryl/α,β-unsaturated/α-hetero) is 1. The molecule has 0 atom stereocenters. The fraction of sp³-hybridized carbons (Fsp3) is 0.611. The molecule has 0 saturated carbocycles. The Bertz CT molecular complexity index is 496. The summed E-state index contributed by atoms with van der Waals surface area (Å²) in [5.41, 5.74) is 1.74. The Hall–Kier alpha value is -1.19. The first-order chi connectivity index (χ1) is 9.57. The van der Waals surface area contributed by atoms with Crippen LogP contribution in [0.1, 0.15) is 75.9 Å². The predicted molar refractivity (Wildman–Crippen MR) is 85.4 cm³/mol. The van der Waals surface area contributed by atoms with E-state index in [0.717, 1.165) is 23.1 Å². The molecule has 0 aromatic heterocycles. The zero-order chi connectivity index (χ0) is 16.3.